The molecule has 1 fully saturated rings. The Hall–Kier alpha value is -1.60. The predicted octanol–water partition coefficient (Wildman–Crippen LogP) is 1.66. The maximum atomic E-state index is 12.8. The average molecular weight is 339 g/mol. The summed E-state index contributed by atoms with van der Waals surface area (Å²) in [7, 11) is 2.04. The van der Waals surface area contributed by atoms with Gasteiger partial charge in [0.05, 0.1) is 11.0 Å². The van der Waals surface area contributed by atoms with E-state index in [1.54, 1.807) is 0 Å². The molecule has 0 bridgehead atoms. The van der Waals surface area contributed by atoms with Gasteiger partial charge in [0.1, 0.15) is 5.82 Å². The molecule has 0 aromatic heterocycles. The summed E-state index contributed by atoms with van der Waals surface area (Å²) < 4.78 is 12.8. The van der Waals surface area contributed by atoms with Crippen molar-refractivity contribution in [2.75, 3.05) is 44.3 Å². The van der Waals surface area contributed by atoms with Crippen molar-refractivity contribution < 1.29 is 14.0 Å². The molecular weight excluding hydrogens is 317 g/mol. The first-order chi connectivity index (χ1) is 11.0. The summed E-state index contributed by atoms with van der Waals surface area (Å²) in [6.45, 7) is 5.07. The minimum atomic E-state index is -0.344. The molecule has 126 valence electrons. The van der Waals surface area contributed by atoms with Crippen molar-refractivity contribution in [2.24, 2.45) is 0 Å². The van der Waals surface area contributed by atoms with Crippen LogP contribution in [0.15, 0.2) is 24.3 Å². The lowest BCUT2D eigenvalue weighted by molar-refractivity contribution is -0.131. The molecule has 0 aliphatic carbocycles. The van der Waals surface area contributed by atoms with Crippen LogP contribution in [0.3, 0.4) is 0 Å². The highest BCUT2D eigenvalue weighted by Crippen LogP contribution is 2.16. The van der Waals surface area contributed by atoms with Gasteiger partial charge in [-0.05, 0) is 38.2 Å². The molecule has 0 saturated carbocycles. The zero-order chi connectivity index (χ0) is 16.8. The summed E-state index contributed by atoms with van der Waals surface area (Å²) >= 11 is 1.32. The van der Waals surface area contributed by atoms with Crippen molar-refractivity contribution in [2.45, 2.75) is 12.2 Å². The minimum Gasteiger partial charge on any atom is -0.339 e. The van der Waals surface area contributed by atoms with E-state index in [1.165, 1.54) is 36.0 Å². The minimum absolute atomic E-state index is 0.0812. The standard InChI is InChI=1S/C16H22FN3O2S/c1-12(16(22)20-9-7-19(2)8-10-20)23-11-15(21)18-14-5-3-13(17)4-6-14/h3-6,12H,7-11H2,1-2H3,(H,18,21). The fraction of sp³-hybridized carbons (Fsp3) is 0.500. The molecular formula is C16H22FN3O2S. The highest BCUT2D eigenvalue weighted by Gasteiger charge is 2.24. The second-order valence-corrected chi connectivity index (χ2v) is 6.97. The van der Waals surface area contributed by atoms with Gasteiger partial charge in [0.25, 0.3) is 0 Å². The Kier molecular flexibility index (Phi) is 6.41. The Morgan fingerprint density at radius 3 is 2.43 bits per heavy atom. The maximum absolute atomic E-state index is 12.8. The Morgan fingerprint density at radius 2 is 1.83 bits per heavy atom. The van der Waals surface area contributed by atoms with Crippen LogP contribution < -0.4 is 5.32 Å². The number of amides is 2. The van der Waals surface area contributed by atoms with Crippen LogP contribution >= 0.6 is 11.8 Å². The molecule has 2 amide bonds. The molecule has 5 nitrogen and oxygen atoms in total. The van der Waals surface area contributed by atoms with E-state index >= 15 is 0 Å². The van der Waals surface area contributed by atoms with Gasteiger partial charge in [0.2, 0.25) is 11.8 Å². The number of halogens is 1. The molecule has 23 heavy (non-hydrogen) atoms. The zero-order valence-electron chi connectivity index (χ0n) is 13.4. The molecule has 1 N–H and O–H groups in total. The SMILES string of the molecule is CC(SCC(=O)Nc1ccc(F)cc1)C(=O)N1CCN(C)CC1. The molecule has 1 atom stereocenters. The maximum Gasteiger partial charge on any atom is 0.235 e. The molecule has 7 heteroatoms. The van der Waals surface area contributed by atoms with E-state index in [0.717, 1.165) is 26.2 Å². The van der Waals surface area contributed by atoms with Crippen LogP contribution in [0.5, 0.6) is 0 Å². The van der Waals surface area contributed by atoms with Gasteiger partial charge >= 0.3 is 0 Å². The monoisotopic (exact) mass is 339 g/mol. The van der Waals surface area contributed by atoms with E-state index in [0.29, 0.717) is 5.69 Å². The quantitative estimate of drug-likeness (QED) is 0.886. The lowest BCUT2D eigenvalue weighted by Crippen LogP contribution is -2.49. The van der Waals surface area contributed by atoms with Crippen molar-refractivity contribution >= 4 is 29.3 Å². The van der Waals surface area contributed by atoms with Crippen molar-refractivity contribution in [1.29, 1.82) is 0 Å². The normalized spacial score (nSPS) is 16.9. The number of carbonyl (C=O) groups is 2. The summed E-state index contributed by atoms with van der Waals surface area (Å²) in [6, 6.07) is 5.61. The number of likely N-dealkylation sites (N-methyl/N-ethyl adjacent to an activating group) is 1. The largest absolute Gasteiger partial charge is 0.339 e. The molecule has 1 aliphatic rings. The first-order valence-corrected chi connectivity index (χ1v) is 8.65. The van der Waals surface area contributed by atoms with Crippen molar-refractivity contribution in [3.8, 4) is 0 Å². The molecule has 1 aliphatic heterocycles. The van der Waals surface area contributed by atoms with Gasteiger partial charge in [-0.3, -0.25) is 9.59 Å². The van der Waals surface area contributed by atoms with Gasteiger partial charge < -0.3 is 15.1 Å². The van der Waals surface area contributed by atoms with Gasteiger partial charge in [-0.25, -0.2) is 4.39 Å². The number of benzene rings is 1. The summed E-state index contributed by atoms with van der Waals surface area (Å²) in [4.78, 5) is 28.3. The van der Waals surface area contributed by atoms with Gasteiger partial charge in [-0.15, -0.1) is 11.8 Å². The summed E-state index contributed by atoms with van der Waals surface area (Å²) in [5, 5.41) is 2.44. The van der Waals surface area contributed by atoms with E-state index in [1.807, 2.05) is 18.9 Å². The average Bonchev–Trinajstić information content (AvgIpc) is 2.55. The number of hydrogen-bond acceptors (Lipinski definition) is 4. The molecule has 1 saturated heterocycles. The van der Waals surface area contributed by atoms with Crippen molar-refractivity contribution in [3.63, 3.8) is 0 Å². The van der Waals surface area contributed by atoms with Gasteiger partial charge in [0, 0.05) is 31.9 Å². The number of hydrogen-bond donors (Lipinski definition) is 1. The smallest absolute Gasteiger partial charge is 0.235 e. The first-order valence-electron chi connectivity index (χ1n) is 7.60. The number of anilines is 1. The van der Waals surface area contributed by atoms with E-state index < -0.39 is 0 Å². The highest BCUT2D eigenvalue weighted by atomic mass is 32.2. The topological polar surface area (TPSA) is 52.7 Å². The van der Waals surface area contributed by atoms with Crippen molar-refractivity contribution in [3.05, 3.63) is 30.1 Å². The van der Waals surface area contributed by atoms with Crippen LogP contribution in [0.4, 0.5) is 10.1 Å². The third kappa shape index (κ3) is 5.51. The second kappa shape index (κ2) is 8.31. The molecule has 0 spiro atoms. The fourth-order valence-corrected chi connectivity index (χ4v) is 3.05. The van der Waals surface area contributed by atoms with Crippen LogP contribution in [-0.2, 0) is 9.59 Å². The number of nitrogens with zero attached hydrogens (tertiary/aromatic N) is 2. The molecule has 1 unspecified atom stereocenters. The lowest BCUT2D eigenvalue weighted by atomic mass is 10.3. The number of carbonyl (C=O) groups excluding carboxylic acids is 2. The fourth-order valence-electron chi connectivity index (χ4n) is 2.29. The lowest BCUT2D eigenvalue weighted by Gasteiger charge is -2.33. The van der Waals surface area contributed by atoms with Crippen LogP contribution in [0.1, 0.15) is 6.92 Å². The second-order valence-electron chi connectivity index (χ2n) is 5.64. The van der Waals surface area contributed by atoms with E-state index in [-0.39, 0.29) is 28.6 Å². The summed E-state index contributed by atoms with van der Waals surface area (Å²) in [6.07, 6.45) is 0. The third-order valence-electron chi connectivity index (χ3n) is 3.76. The Bertz CT molecular complexity index is 545. The Morgan fingerprint density at radius 1 is 1.22 bits per heavy atom. The molecule has 1 aromatic rings. The third-order valence-corrected chi connectivity index (χ3v) is 4.89. The van der Waals surface area contributed by atoms with Crippen LogP contribution in [-0.4, -0.2) is 65.8 Å². The van der Waals surface area contributed by atoms with Crippen molar-refractivity contribution in [1.82, 2.24) is 9.80 Å². The number of piperazine rings is 1. The van der Waals surface area contributed by atoms with Gasteiger partial charge in [-0.2, -0.15) is 0 Å². The summed E-state index contributed by atoms with van der Waals surface area (Å²) in [5.74, 6) is -0.265. The Labute approximate surface area is 140 Å². The highest BCUT2D eigenvalue weighted by molar-refractivity contribution is 8.01. The predicted molar refractivity (Wildman–Crippen MR) is 91.0 cm³/mol. The Balaban J connectivity index is 1.74. The van der Waals surface area contributed by atoms with E-state index in [9.17, 15) is 14.0 Å². The molecule has 1 heterocycles. The molecule has 2 rings (SSSR count). The van der Waals surface area contributed by atoms with Crippen LogP contribution in [0.2, 0.25) is 0 Å². The van der Waals surface area contributed by atoms with Crippen LogP contribution in [0, 0.1) is 5.82 Å². The first kappa shape index (κ1) is 17.7. The van der Waals surface area contributed by atoms with Gasteiger partial charge in [-0.1, -0.05) is 0 Å². The number of nitrogens with one attached hydrogen (secondary N) is 1. The van der Waals surface area contributed by atoms with E-state index in [4.69, 9.17) is 0 Å². The van der Waals surface area contributed by atoms with E-state index in [2.05, 4.69) is 10.2 Å². The molecule has 0 radical (unpaired) electrons. The number of rotatable bonds is 5. The zero-order valence-corrected chi connectivity index (χ0v) is 14.2. The number of thioether (sulfide) groups is 1. The van der Waals surface area contributed by atoms with Gasteiger partial charge in [0.15, 0.2) is 0 Å². The summed E-state index contributed by atoms with van der Waals surface area (Å²) in [5.41, 5.74) is 0.551. The van der Waals surface area contributed by atoms with Crippen LogP contribution in [0.25, 0.3) is 0 Å². The molecule has 1 aromatic carbocycles.